The normalized spacial score (nSPS) is 15.2. The maximum Gasteiger partial charge on any atom is 0.407 e. The molecule has 0 aliphatic heterocycles. The van der Waals surface area contributed by atoms with Crippen LogP contribution in [0.1, 0.15) is 66.1 Å². The predicted octanol–water partition coefficient (Wildman–Crippen LogP) is 5.48. The molecule has 39 heavy (non-hydrogen) atoms. The average molecular weight is 560 g/mol. The maximum atomic E-state index is 13.4. The van der Waals surface area contributed by atoms with Gasteiger partial charge in [-0.3, -0.25) is 4.79 Å². The lowest BCUT2D eigenvalue weighted by Gasteiger charge is -2.29. The summed E-state index contributed by atoms with van der Waals surface area (Å²) >= 11 is 6.24. The molecule has 0 saturated heterocycles. The van der Waals surface area contributed by atoms with Crippen LogP contribution in [0.25, 0.3) is 0 Å². The Labute approximate surface area is 234 Å². The van der Waals surface area contributed by atoms with Crippen LogP contribution in [0.4, 0.5) is 9.59 Å². The molecule has 3 amide bonds. The van der Waals surface area contributed by atoms with Crippen molar-refractivity contribution in [2.75, 3.05) is 33.9 Å². The smallest absolute Gasteiger partial charge is 0.407 e. The van der Waals surface area contributed by atoms with Gasteiger partial charge in [0.05, 0.1) is 13.7 Å². The molecule has 1 aliphatic carbocycles. The number of carboxylic acid groups (broad SMARTS) is 1. The van der Waals surface area contributed by atoms with Crippen molar-refractivity contribution < 1.29 is 29.0 Å². The van der Waals surface area contributed by atoms with Gasteiger partial charge in [0.15, 0.2) is 0 Å². The van der Waals surface area contributed by atoms with Crippen molar-refractivity contribution in [3.05, 3.63) is 70.2 Å². The number of nitrogens with one attached hydrogen (secondary N) is 2. The fourth-order valence-corrected chi connectivity index (χ4v) is 5.18. The Morgan fingerprint density at radius 1 is 1.08 bits per heavy atom. The molecule has 1 aliphatic rings. The van der Waals surface area contributed by atoms with Crippen LogP contribution in [0.2, 0.25) is 5.02 Å². The summed E-state index contributed by atoms with van der Waals surface area (Å²) in [5.74, 6) is 0.199. The second-order valence-corrected chi connectivity index (χ2v) is 10.4. The molecule has 3 rings (SSSR count). The number of benzene rings is 2. The van der Waals surface area contributed by atoms with Gasteiger partial charge in [-0.25, -0.2) is 9.59 Å². The SMILES string of the molecule is COC(=O)NCCOC(c1cccc(Cl)c1)c1cccc(C(=O)N[C@@H](CC2CCCCC2)CN(C)C(=O)O)c1. The number of carbonyl (C=O) groups excluding carboxylic acids is 2. The van der Waals surface area contributed by atoms with E-state index < -0.39 is 18.3 Å². The zero-order chi connectivity index (χ0) is 28.2. The van der Waals surface area contributed by atoms with Crippen molar-refractivity contribution in [1.82, 2.24) is 15.5 Å². The van der Waals surface area contributed by atoms with Crippen molar-refractivity contribution >= 4 is 29.7 Å². The summed E-state index contributed by atoms with van der Waals surface area (Å²) in [6, 6.07) is 14.1. The quantitative estimate of drug-likeness (QED) is 0.296. The first-order valence-electron chi connectivity index (χ1n) is 13.3. The third kappa shape index (κ3) is 9.75. The van der Waals surface area contributed by atoms with Gasteiger partial charge in [-0.1, -0.05) is 68.0 Å². The summed E-state index contributed by atoms with van der Waals surface area (Å²) in [6.07, 6.45) is 4.39. The van der Waals surface area contributed by atoms with Crippen molar-refractivity contribution in [1.29, 1.82) is 0 Å². The summed E-state index contributed by atoms with van der Waals surface area (Å²) < 4.78 is 10.7. The number of amides is 3. The van der Waals surface area contributed by atoms with Gasteiger partial charge in [0.1, 0.15) is 6.10 Å². The van der Waals surface area contributed by atoms with Gasteiger partial charge in [-0.2, -0.15) is 0 Å². The van der Waals surface area contributed by atoms with Crippen molar-refractivity contribution in [2.45, 2.75) is 50.7 Å². The van der Waals surface area contributed by atoms with E-state index in [4.69, 9.17) is 16.3 Å². The Hall–Kier alpha value is -3.30. The number of hydrogen-bond acceptors (Lipinski definition) is 5. The zero-order valence-electron chi connectivity index (χ0n) is 22.5. The summed E-state index contributed by atoms with van der Waals surface area (Å²) in [7, 11) is 2.81. The lowest BCUT2D eigenvalue weighted by Crippen LogP contribution is -2.45. The molecular weight excluding hydrogens is 522 g/mol. The first kappa shape index (κ1) is 30.2. The van der Waals surface area contributed by atoms with Crippen LogP contribution < -0.4 is 10.6 Å². The van der Waals surface area contributed by atoms with E-state index in [1.54, 1.807) is 30.3 Å². The molecule has 1 unspecified atom stereocenters. The molecule has 1 saturated carbocycles. The van der Waals surface area contributed by atoms with Crippen molar-refractivity contribution in [3.63, 3.8) is 0 Å². The van der Waals surface area contributed by atoms with E-state index in [-0.39, 0.29) is 31.6 Å². The first-order valence-corrected chi connectivity index (χ1v) is 13.7. The molecule has 0 bridgehead atoms. The molecule has 0 aromatic heterocycles. The Morgan fingerprint density at radius 2 is 1.77 bits per heavy atom. The molecule has 2 atom stereocenters. The second kappa shape index (κ2) is 15.3. The first-order chi connectivity index (χ1) is 18.8. The van der Waals surface area contributed by atoms with E-state index in [2.05, 4.69) is 15.4 Å². The largest absolute Gasteiger partial charge is 0.465 e. The molecule has 0 spiro atoms. The highest BCUT2D eigenvalue weighted by Crippen LogP contribution is 2.29. The fourth-order valence-electron chi connectivity index (χ4n) is 4.98. The summed E-state index contributed by atoms with van der Waals surface area (Å²) in [5, 5.41) is 15.6. The summed E-state index contributed by atoms with van der Waals surface area (Å²) in [4.78, 5) is 37.5. The van der Waals surface area contributed by atoms with E-state index in [9.17, 15) is 19.5 Å². The Balaban J connectivity index is 1.77. The molecule has 0 radical (unpaired) electrons. The average Bonchev–Trinajstić information content (AvgIpc) is 2.93. The molecule has 2 aromatic rings. The molecule has 3 N–H and O–H groups in total. The van der Waals surface area contributed by atoms with Crippen LogP contribution in [0.5, 0.6) is 0 Å². The monoisotopic (exact) mass is 559 g/mol. The Kier molecular flexibility index (Phi) is 11.9. The topological polar surface area (TPSA) is 117 Å². The van der Waals surface area contributed by atoms with Crippen LogP contribution in [-0.2, 0) is 9.47 Å². The number of hydrogen-bond donors (Lipinski definition) is 3. The molecule has 10 heteroatoms. The Morgan fingerprint density at radius 3 is 2.44 bits per heavy atom. The molecule has 0 heterocycles. The van der Waals surface area contributed by atoms with Crippen LogP contribution in [0.3, 0.4) is 0 Å². The number of ether oxygens (including phenoxy) is 2. The number of likely N-dealkylation sites (N-methyl/N-ethyl adjacent to an activating group) is 1. The third-order valence-electron chi connectivity index (χ3n) is 6.94. The fraction of sp³-hybridized carbons (Fsp3) is 0.483. The predicted molar refractivity (Wildman–Crippen MR) is 149 cm³/mol. The van der Waals surface area contributed by atoms with E-state index in [0.717, 1.165) is 30.4 Å². The van der Waals surface area contributed by atoms with Crippen molar-refractivity contribution in [3.8, 4) is 0 Å². The number of carbonyl (C=O) groups is 3. The van der Waals surface area contributed by atoms with Gasteiger partial charge < -0.3 is 30.1 Å². The standard InChI is InChI=1S/C29H38ClN3O6/c1-33(29(36)37)19-25(16-20-8-4-3-5-9-20)32-27(34)23-12-6-10-21(17-23)26(22-11-7-13-24(30)18-22)39-15-14-31-28(35)38-2/h6-7,10-13,17-18,20,25-26H,3-5,8-9,14-16,19H2,1-2H3,(H,31,35)(H,32,34)(H,36,37)/t25-,26?/m0/s1. The highest BCUT2D eigenvalue weighted by molar-refractivity contribution is 6.30. The van der Waals surface area contributed by atoms with Crippen LogP contribution in [0, 0.1) is 5.92 Å². The maximum absolute atomic E-state index is 13.4. The van der Waals surface area contributed by atoms with Crippen molar-refractivity contribution in [2.24, 2.45) is 5.92 Å². The van der Waals surface area contributed by atoms with Gasteiger partial charge >= 0.3 is 12.2 Å². The second-order valence-electron chi connectivity index (χ2n) is 9.92. The van der Waals surface area contributed by atoms with E-state index >= 15 is 0 Å². The van der Waals surface area contributed by atoms with Crippen LogP contribution in [-0.4, -0.2) is 68.0 Å². The molecule has 9 nitrogen and oxygen atoms in total. The van der Waals surface area contributed by atoms with Crippen LogP contribution >= 0.6 is 11.6 Å². The van der Waals surface area contributed by atoms with E-state index in [1.807, 2.05) is 18.2 Å². The summed E-state index contributed by atoms with van der Waals surface area (Å²) in [5.41, 5.74) is 1.99. The van der Waals surface area contributed by atoms with Gasteiger partial charge in [-0.05, 0) is 47.7 Å². The highest BCUT2D eigenvalue weighted by Gasteiger charge is 2.24. The van der Waals surface area contributed by atoms with Gasteiger partial charge in [0, 0.05) is 36.8 Å². The minimum absolute atomic E-state index is 0.202. The highest BCUT2D eigenvalue weighted by atomic mass is 35.5. The van der Waals surface area contributed by atoms with Gasteiger partial charge in [0.2, 0.25) is 0 Å². The lowest BCUT2D eigenvalue weighted by atomic mass is 9.84. The number of alkyl carbamates (subject to hydrolysis) is 1. The number of nitrogens with zero attached hydrogens (tertiary/aromatic N) is 1. The Bertz CT molecular complexity index is 1110. The number of halogens is 1. The van der Waals surface area contributed by atoms with Gasteiger partial charge in [0.25, 0.3) is 5.91 Å². The molecular formula is C29H38ClN3O6. The minimum Gasteiger partial charge on any atom is -0.465 e. The van der Waals surface area contributed by atoms with E-state index in [1.165, 1.54) is 38.3 Å². The number of methoxy groups -OCH3 is 1. The third-order valence-corrected chi connectivity index (χ3v) is 7.18. The van der Waals surface area contributed by atoms with Crippen LogP contribution in [0.15, 0.2) is 48.5 Å². The molecule has 2 aromatic carbocycles. The zero-order valence-corrected chi connectivity index (χ0v) is 23.3. The van der Waals surface area contributed by atoms with E-state index in [0.29, 0.717) is 16.5 Å². The number of rotatable bonds is 12. The lowest BCUT2D eigenvalue weighted by molar-refractivity contribution is 0.0803. The molecule has 212 valence electrons. The summed E-state index contributed by atoms with van der Waals surface area (Å²) in [6.45, 7) is 0.663. The van der Waals surface area contributed by atoms with Gasteiger partial charge in [-0.15, -0.1) is 0 Å². The minimum atomic E-state index is -1.02. The molecule has 1 fully saturated rings.